The van der Waals surface area contributed by atoms with Crippen LogP contribution in [0.1, 0.15) is 38.8 Å². The molecule has 0 aliphatic heterocycles. The minimum absolute atomic E-state index is 0.391. The van der Waals surface area contributed by atoms with Crippen LogP contribution in [-0.4, -0.2) is 26.4 Å². The van der Waals surface area contributed by atoms with Gasteiger partial charge in [0.2, 0.25) is 0 Å². The molecule has 18 heavy (non-hydrogen) atoms. The highest BCUT2D eigenvalue weighted by molar-refractivity contribution is 5.28. The van der Waals surface area contributed by atoms with Crippen LogP contribution in [0.5, 0.6) is 5.75 Å². The molecular formula is C15H25NO2. The molecule has 0 spiro atoms. The smallest absolute Gasteiger partial charge is 0.119 e. The Balaban J connectivity index is 2.37. The summed E-state index contributed by atoms with van der Waals surface area (Å²) in [5, 5.41) is 3.47. The third kappa shape index (κ3) is 5.52. The molecule has 0 aromatic heterocycles. The lowest BCUT2D eigenvalue weighted by Gasteiger charge is -2.14. The molecule has 3 nitrogen and oxygen atoms in total. The van der Waals surface area contributed by atoms with Gasteiger partial charge in [0, 0.05) is 12.6 Å². The number of hydrogen-bond acceptors (Lipinski definition) is 3. The number of ether oxygens (including phenoxy) is 2. The van der Waals surface area contributed by atoms with E-state index in [2.05, 4.69) is 31.3 Å². The fraction of sp³-hybridized carbons (Fsp3) is 0.600. The Bertz CT molecular complexity index is 311. The Labute approximate surface area is 110 Å². The summed E-state index contributed by atoms with van der Waals surface area (Å²) in [5.74, 6) is 0.904. The topological polar surface area (TPSA) is 30.5 Å². The first-order chi connectivity index (χ1) is 8.77. The standard InChI is InChI=1S/C15H25NO2/c1-4-10-16-13(3)14-6-8-15(9-7-14)18-12-11-17-5-2/h6-9,13,16H,4-5,10-12H2,1-3H3. The zero-order valence-corrected chi connectivity index (χ0v) is 11.7. The summed E-state index contributed by atoms with van der Waals surface area (Å²) in [6.07, 6.45) is 1.16. The maximum absolute atomic E-state index is 5.58. The quantitative estimate of drug-likeness (QED) is 0.684. The molecule has 0 saturated carbocycles. The second kappa shape index (κ2) is 8.95. The summed E-state index contributed by atoms with van der Waals surface area (Å²) in [7, 11) is 0. The van der Waals surface area contributed by atoms with Crippen LogP contribution >= 0.6 is 0 Å². The summed E-state index contributed by atoms with van der Waals surface area (Å²) in [6.45, 7) is 9.38. The number of benzene rings is 1. The molecule has 1 N–H and O–H groups in total. The van der Waals surface area contributed by atoms with Crippen LogP contribution in [0.4, 0.5) is 0 Å². The second-order valence-electron chi connectivity index (χ2n) is 4.29. The van der Waals surface area contributed by atoms with E-state index in [0.717, 1.165) is 25.3 Å². The molecule has 0 aliphatic carbocycles. The van der Waals surface area contributed by atoms with E-state index < -0.39 is 0 Å². The van der Waals surface area contributed by atoms with Crippen LogP contribution in [0.15, 0.2) is 24.3 Å². The number of nitrogens with one attached hydrogen (secondary N) is 1. The van der Waals surface area contributed by atoms with Gasteiger partial charge in [-0.25, -0.2) is 0 Å². The van der Waals surface area contributed by atoms with Gasteiger partial charge >= 0.3 is 0 Å². The van der Waals surface area contributed by atoms with Gasteiger partial charge in [-0.15, -0.1) is 0 Å². The molecule has 0 heterocycles. The predicted octanol–water partition coefficient (Wildman–Crippen LogP) is 3.16. The lowest BCUT2D eigenvalue weighted by molar-refractivity contribution is 0.110. The third-order valence-electron chi connectivity index (χ3n) is 2.78. The number of rotatable bonds is 9. The Kier molecular flexibility index (Phi) is 7.46. The predicted molar refractivity (Wildman–Crippen MR) is 75.1 cm³/mol. The van der Waals surface area contributed by atoms with Gasteiger partial charge in [-0.2, -0.15) is 0 Å². The van der Waals surface area contributed by atoms with Crippen molar-refractivity contribution < 1.29 is 9.47 Å². The lowest BCUT2D eigenvalue weighted by atomic mass is 10.1. The van der Waals surface area contributed by atoms with Crippen molar-refractivity contribution in [1.29, 1.82) is 0 Å². The zero-order valence-electron chi connectivity index (χ0n) is 11.7. The molecule has 0 radical (unpaired) electrons. The van der Waals surface area contributed by atoms with Crippen LogP contribution in [0.3, 0.4) is 0 Å². The zero-order chi connectivity index (χ0) is 13.2. The van der Waals surface area contributed by atoms with Crippen molar-refractivity contribution in [2.24, 2.45) is 0 Å². The van der Waals surface area contributed by atoms with Gasteiger partial charge in [-0.3, -0.25) is 0 Å². The van der Waals surface area contributed by atoms with Crippen molar-refractivity contribution >= 4 is 0 Å². The molecule has 0 bridgehead atoms. The fourth-order valence-electron chi connectivity index (χ4n) is 1.69. The SMILES string of the molecule is CCCNC(C)c1ccc(OCCOCC)cc1. The molecule has 1 aromatic carbocycles. The normalized spacial score (nSPS) is 12.4. The molecule has 0 saturated heterocycles. The van der Waals surface area contributed by atoms with Gasteiger partial charge in [0.1, 0.15) is 12.4 Å². The summed E-state index contributed by atoms with van der Waals surface area (Å²) in [5.41, 5.74) is 1.29. The van der Waals surface area contributed by atoms with Gasteiger partial charge in [-0.05, 0) is 44.5 Å². The van der Waals surface area contributed by atoms with Crippen molar-refractivity contribution in [3.63, 3.8) is 0 Å². The molecule has 0 fully saturated rings. The Morgan fingerprint density at radius 2 is 1.83 bits per heavy atom. The fourth-order valence-corrected chi connectivity index (χ4v) is 1.69. The van der Waals surface area contributed by atoms with E-state index in [1.54, 1.807) is 0 Å². The molecule has 3 heteroatoms. The van der Waals surface area contributed by atoms with Crippen molar-refractivity contribution in [3.05, 3.63) is 29.8 Å². The summed E-state index contributed by atoms with van der Waals surface area (Å²) in [6, 6.07) is 8.66. The third-order valence-corrected chi connectivity index (χ3v) is 2.78. The highest BCUT2D eigenvalue weighted by Crippen LogP contribution is 2.17. The molecular weight excluding hydrogens is 226 g/mol. The maximum atomic E-state index is 5.58. The van der Waals surface area contributed by atoms with Gasteiger partial charge < -0.3 is 14.8 Å². The Morgan fingerprint density at radius 1 is 1.11 bits per heavy atom. The average Bonchev–Trinajstić information content (AvgIpc) is 2.41. The van der Waals surface area contributed by atoms with Crippen LogP contribution in [0.2, 0.25) is 0 Å². The molecule has 1 unspecified atom stereocenters. The molecule has 102 valence electrons. The van der Waals surface area contributed by atoms with E-state index >= 15 is 0 Å². The number of hydrogen-bond donors (Lipinski definition) is 1. The van der Waals surface area contributed by atoms with Crippen molar-refractivity contribution in [2.45, 2.75) is 33.2 Å². The van der Waals surface area contributed by atoms with Crippen molar-refractivity contribution in [3.8, 4) is 5.75 Å². The second-order valence-corrected chi connectivity index (χ2v) is 4.29. The Morgan fingerprint density at radius 3 is 2.44 bits per heavy atom. The highest BCUT2D eigenvalue weighted by atomic mass is 16.5. The first-order valence-electron chi connectivity index (χ1n) is 6.81. The van der Waals surface area contributed by atoms with Gasteiger partial charge in [-0.1, -0.05) is 19.1 Å². The van der Waals surface area contributed by atoms with Crippen molar-refractivity contribution in [1.82, 2.24) is 5.32 Å². The molecule has 1 aromatic rings. The van der Waals surface area contributed by atoms with E-state index in [0.29, 0.717) is 19.3 Å². The minimum atomic E-state index is 0.391. The lowest BCUT2D eigenvalue weighted by Crippen LogP contribution is -2.19. The molecule has 0 amide bonds. The van der Waals surface area contributed by atoms with Gasteiger partial charge in [0.05, 0.1) is 6.61 Å². The average molecular weight is 251 g/mol. The van der Waals surface area contributed by atoms with Crippen molar-refractivity contribution in [2.75, 3.05) is 26.4 Å². The van der Waals surface area contributed by atoms with E-state index in [-0.39, 0.29) is 0 Å². The largest absolute Gasteiger partial charge is 0.491 e. The molecule has 0 aliphatic rings. The van der Waals surface area contributed by atoms with E-state index in [9.17, 15) is 0 Å². The monoisotopic (exact) mass is 251 g/mol. The van der Waals surface area contributed by atoms with E-state index in [4.69, 9.17) is 9.47 Å². The molecule has 1 rings (SSSR count). The van der Waals surface area contributed by atoms with Crippen LogP contribution in [-0.2, 0) is 4.74 Å². The maximum Gasteiger partial charge on any atom is 0.119 e. The van der Waals surface area contributed by atoms with Gasteiger partial charge in [0.25, 0.3) is 0 Å². The van der Waals surface area contributed by atoms with E-state index in [1.807, 2.05) is 19.1 Å². The summed E-state index contributed by atoms with van der Waals surface area (Å²) < 4.78 is 10.8. The summed E-state index contributed by atoms with van der Waals surface area (Å²) in [4.78, 5) is 0. The van der Waals surface area contributed by atoms with Crippen LogP contribution in [0.25, 0.3) is 0 Å². The first kappa shape index (κ1) is 15.0. The first-order valence-corrected chi connectivity index (χ1v) is 6.81. The minimum Gasteiger partial charge on any atom is -0.491 e. The van der Waals surface area contributed by atoms with Gasteiger partial charge in [0.15, 0.2) is 0 Å². The highest BCUT2D eigenvalue weighted by Gasteiger charge is 2.03. The van der Waals surface area contributed by atoms with Crippen LogP contribution < -0.4 is 10.1 Å². The van der Waals surface area contributed by atoms with Crippen LogP contribution in [0, 0.1) is 0 Å². The Hall–Kier alpha value is -1.06. The van der Waals surface area contributed by atoms with E-state index in [1.165, 1.54) is 5.56 Å². The summed E-state index contributed by atoms with van der Waals surface area (Å²) >= 11 is 0. The molecule has 1 atom stereocenters.